The second kappa shape index (κ2) is 2.83. The lowest BCUT2D eigenvalue weighted by molar-refractivity contribution is 0.151. The van der Waals surface area contributed by atoms with Crippen LogP contribution in [0.1, 0.15) is 24.1 Å². The van der Waals surface area contributed by atoms with Crippen molar-refractivity contribution in [3.63, 3.8) is 0 Å². The average molecular weight is 202 g/mol. The van der Waals surface area contributed by atoms with Gasteiger partial charge in [0.1, 0.15) is 0 Å². The van der Waals surface area contributed by atoms with Crippen LogP contribution in [-0.2, 0) is 6.42 Å². The number of aromatic amines is 1. The van der Waals surface area contributed by atoms with Crippen LogP contribution in [0.4, 0.5) is 0 Å². The Kier molecular flexibility index (Phi) is 1.68. The molecule has 78 valence electrons. The molecule has 0 bridgehead atoms. The largest absolute Gasteiger partial charge is 0.390 e. The topological polar surface area (TPSA) is 48.9 Å². The predicted octanol–water partition coefficient (Wildman–Crippen LogP) is 1.94. The summed E-state index contributed by atoms with van der Waals surface area (Å²) in [7, 11) is 0. The van der Waals surface area contributed by atoms with Crippen LogP contribution in [0.15, 0.2) is 18.2 Å². The molecule has 15 heavy (non-hydrogen) atoms. The Morgan fingerprint density at radius 1 is 1.47 bits per heavy atom. The molecule has 0 spiro atoms. The molecule has 1 saturated carbocycles. The number of H-pyrrole nitrogens is 1. The molecule has 0 atom stereocenters. The maximum Gasteiger partial charge on any atom is 0.0923 e. The number of nitrogens with one attached hydrogen (secondary N) is 1. The van der Waals surface area contributed by atoms with Gasteiger partial charge in [0.2, 0.25) is 0 Å². The molecular weight excluding hydrogens is 188 g/mol. The SMILES string of the molecule is Cc1[nH]nc2ccc(CC3(O)CC3)cc12. The lowest BCUT2D eigenvalue weighted by atomic mass is 10.0. The number of aliphatic hydroxyl groups is 1. The highest BCUT2D eigenvalue weighted by molar-refractivity contribution is 5.81. The van der Waals surface area contributed by atoms with Crippen molar-refractivity contribution in [2.24, 2.45) is 0 Å². The van der Waals surface area contributed by atoms with Gasteiger partial charge in [-0.2, -0.15) is 5.10 Å². The minimum atomic E-state index is -0.411. The van der Waals surface area contributed by atoms with E-state index in [2.05, 4.69) is 22.3 Å². The van der Waals surface area contributed by atoms with Crippen LogP contribution >= 0.6 is 0 Å². The van der Waals surface area contributed by atoms with Gasteiger partial charge in [-0.3, -0.25) is 5.10 Å². The zero-order valence-corrected chi connectivity index (χ0v) is 8.75. The molecule has 0 saturated heterocycles. The zero-order chi connectivity index (χ0) is 10.5. The second-order valence-corrected chi connectivity index (χ2v) is 4.60. The number of hydrogen-bond acceptors (Lipinski definition) is 2. The van der Waals surface area contributed by atoms with E-state index in [-0.39, 0.29) is 0 Å². The third kappa shape index (κ3) is 1.53. The van der Waals surface area contributed by atoms with Crippen molar-refractivity contribution in [1.29, 1.82) is 0 Å². The normalized spacial score (nSPS) is 18.3. The summed E-state index contributed by atoms with van der Waals surface area (Å²) in [5.41, 5.74) is 2.88. The van der Waals surface area contributed by atoms with Crippen molar-refractivity contribution in [2.75, 3.05) is 0 Å². The van der Waals surface area contributed by atoms with Crippen molar-refractivity contribution in [3.8, 4) is 0 Å². The summed E-state index contributed by atoms with van der Waals surface area (Å²) in [6, 6.07) is 6.20. The Labute approximate surface area is 88.1 Å². The summed E-state index contributed by atoms with van der Waals surface area (Å²) in [6.45, 7) is 2.02. The fourth-order valence-electron chi connectivity index (χ4n) is 2.00. The smallest absolute Gasteiger partial charge is 0.0923 e. The summed E-state index contributed by atoms with van der Waals surface area (Å²) >= 11 is 0. The second-order valence-electron chi connectivity index (χ2n) is 4.60. The molecule has 2 N–H and O–H groups in total. The molecule has 0 amide bonds. The Hall–Kier alpha value is -1.35. The third-order valence-electron chi connectivity index (χ3n) is 3.17. The number of benzene rings is 1. The van der Waals surface area contributed by atoms with Gasteiger partial charge in [0.25, 0.3) is 0 Å². The Morgan fingerprint density at radius 3 is 3.00 bits per heavy atom. The lowest BCUT2D eigenvalue weighted by Crippen LogP contribution is -2.10. The first-order valence-electron chi connectivity index (χ1n) is 5.32. The van der Waals surface area contributed by atoms with Gasteiger partial charge < -0.3 is 5.11 Å². The van der Waals surface area contributed by atoms with Crippen LogP contribution in [-0.4, -0.2) is 20.9 Å². The molecule has 3 rings (SSSR count). The lowest BCUT2D eigenvalue weighted by Gasteiger charge is -2.07. The number of aryl methyl sites for hydroxylation is 1. The van der Waals surface area contributed by atoms with E-state index in [4.69, 9.17) is 0 Å². The first-order chi connectivity index (χ1) is 7.16. The van der Waals surface area contributed by atoms with Crippen LogP contribution < -0.4 is 0 Å². The van der Waals surface area contributed by atoms with Crippen LogP contribution in [0.25, 0.3) is 10.9 Å². The Morgan fingerprint density at radius 2 is 2.27 bits per heavy atom. The molecule has 1 aromatic carbocycles. The fourth-order valence-corrected chi connectivity index (χ4v) is 2.00. The quantitative estimate of drug-likeness (QED) is 0.781. The van der Waals surface area contributed by atoms with E-state index in [0.29, 0.717) is 0 Å². The first-order valence-corrected chi connectivity index (χ1v) is 5.32. The highest BCUT2D eigenvalue weighted by atomic mass is 16.3. The van der Waals surface area contributed by atoms with Crippen LogP contribution in [0.5, 0.6) is 0 Å². The number of hydrogen-bond donors (Lipinski definition) is 2. The van der Waals surface area contributed by atoms with Gasteiger partial charge in [0.05, 0.1) is 11.1 Å². The number of rotatable bonds is 2. The minimum Gasteiger partial charge on any atom is -0.390 e. The van der Waals surface area contributed by atoms with Gasteiger partial charge >= 0.3 is 0 Å². The molecule has 0 aliphatic heterocycles. The van der Waals surface area contributed by atoms with E-state index >= 15 is 0 Å². The monoisotopic (exact) mass is 202 g/mol. The maximum atomic E-state index is 9.85. The summed E-state index contributed by atoms with van der Waals surface area (Å²) in [5.74, 6) is 0. The standard InChI is InChI=1S/C12H14N2O/c1-8-10-6-9(7-12(15)4-5-12)2-3-11(10)14-13-8/h2-3,6,15H,4-5,7H2,1H3,(H,13,14). The van der Waals surface area contributed by atoms with E-state index in [0.717, 1.165) is 35.9 Å². The van der Waals surface area contributed by atoms with Gasteiger partial charge in [-0.25, -0.2) is 0 Å². The summed E-state index contributed by atoms with van der Waals surface area (Å²) in [5, 5.41) is 18.2. The maximum absolute atomic E-state index is 9.85. The predicted molar refractivity (Wildman–Crippen MR) is 58.7 cm³/mol. The highest BCUT2D eigenvalue weighted by Crippen LogP contribution is 2.38. The van der Waals surface area contributed by atoms with Gasteiger partial charge in [0.15, 0.2) is 0 Å². The van der Waals surface area contributed by atoms with Gasteiger partial charge in [-0.05, 0) is 37.5 Å². The Balaban J connectivity index is 2.01. The van der Waals surface area contributed by atoms with Crippen molar-refractivity contribution in [1.82, 2.24) is 10.2 Å². The zero-order valence-electron chi connectivity index (χ0n) is 8.75. The number of aromatic nitrogens is 2. The molecule has 3 nitrogen and oxygen atoms in total. The summed E-state index contributed by atoms with van der Waals surface area (Å²) in [6.07, 6.45) is 2.65. The molecule has 1 aliphatic carbocycles. The molecule has 1 heterocycles. The van der Waals surface area contributed by atoms with E-state index in [1.807, 2.05) is 13.0 Å². The van der Waals surface area contributed by atoms with E-state index < -0.39 is 5.60 Å². The van der Waals surface area contributed by atoms with E-state index in [1.54, 1.807) is 0 Å². The molecular formula is C12H14N2O. The van der Waals surface area contributed by atoms with Gasteiger partial charge in [-0.1, -0.05) is 6.07 Å². The molecule has 1 fully saturated rings. The molecule has 2 aromatic rings. The van der Waals surface area contributed by atoms with Gasteiger partial charge in [-0.15, -0.1) is 0 Å². The van der Waals surface area contributed by atoms with Crippen LogP contribution in [0, 0.1) is 6.92 Å². The van der Waals surface area contributed by atoms with Crippen LogP contribution in [0.3, 0.4) is 0 Å². The minimum absolute atomic E-state index is 0.411. The van der Waals surface area contributed by atoms with Crippen molar-refractivity contribution in [3.05, 3.63) is 29.5 Å². The highest BCUT2D eigenvalue weighted by Gasteiger charge is 2.40. The number of nitrogens with zero attached hydrogens (tertiary/aromatic N) is 1. The third-order valence-corrected chi connectivity index (χ3v) is 3.17. The number of fused-ring (bicyclic) bond motifs is 1. The summed E-state index contributed by atoms with van der Waals surface area (Å²) in [4.78, 5) is 0. The molecule has 0 radical (unpaired) electrons. The Bertz CT molecular complexity index is 511. The first kappa shape index (κ1) is 8.92. The average Bonchev–Trinajstić information content (AvgIpc) is 2.82. The molecule has 3 heteroatoms. The van der Waals surface area contributed by atoms with E-state index in [9.17, 15) is 5.11 Å². The van der Waals surface area contributed by atoms with Crippen LogP contribution in [0.2, 0.25) is 0 Å². The fraction of sp³-hybridized carbons (Fsp3) is 0.417. The van der Waals surface area contributed by atoms with Crippen molar-refractivity contribution in [2.45, 2.75) is 31.8 Å². The van der Waals surface area contributed by atoms with Gasteiger partial charge in [0, 0.05) is 17.5 Å². The van der Waals surface area contributed by atoms with Crippen molar-refractivity contribution >= 4 is 10.9 Å². The molecule has 0 unspecified atom stereocenters. The molecule has 1 aromatic heterocycles. The molecule has 1 aliphatic rings. The van der Waals surface area contributed by atoms with E-state index in [1.165, 1.54) is 5.56 Å². The van der Waals surface area contributed by atoms with Crippen molar-refractivity contribution < 1.29 is 5.11 Å². The summed E-state index contributed by atoms with van der Waals surface area (Å²) < 4.78 is 0.